The van der Waals surface area contributed by atoms with E-state index in [-0.39, 0.29) is 18.4 Å². The van der Waals surface area contributed by atoms with E-state index in [0.717, 1.165) is 41.9 Å². The van der Waals surface area contributed by atoms with Crippen LogP contribution < -0.4 is 9.64 Å². The summed E-state index contributed by atoms with van der Waals surface area (Å²) in [5.41, 5.74) is 5.30. The maximum absolute atomic E-state index is 13.7. The molecule has 0 saturated carbocycles. The van der Waals surface area contributed by atoms with Crippen LogP contribution in [-0.4, -0.2) is 71.2 Å². The fourth-order valence-corrected chi connectivity index (χ4v) is 5.82. The third-order valence-electron chi connectivity index (χ3n) is 7.47. The van der Waals surface area contributed by atoms with Gasteiger partial charge >= 0.3 is 0 Å². The van der Waals surface area contributed by atoms with Crippen molar-refractivity contribution >= 4 is 29.1 Å². The van der Waals surface area contributed by atoms with Crippen LogP contribution in [0.1, 0.15) is 32.7 Å². The van der Waals surface area contributed by atoms with Crippen molar-refractivity contribution < 1.29 is 14.3 Å². The lowest BCUT2D eigenvalue weighted by Gasteiger charge is -2.33. The van der Waals surface area contributed by atoms with E-state index in [1.165, 1.54) is 5.56 Å². The molecular weight excluding hydrogens is 478 g/mol. The number of carbonyl (C=O) groups is 2. The van der Waals surface area contributed by atoms with Crippen molar-refractivity contribution in [1.82, 2.24) is 19.6 Å². The van der Waals surface area contributed by atoms with Crippen LogP contribution in [0.5, 0.6) is 5.75 Å². The van der Waals surface area contributed by atoms with Crippen molar-refractivity contribution in [2.45, 2.75) is 32.0 Å². The zero-order chi connectivity index (χ0) is 25.0. The Hall–Kier alpha value is -3.36. The standard InChI is InChI=1S/C27H28ClN5O3/c1-30-12-10-19-18(15-30)8-9-22-24(19)31(2)26(34)21(16-36-22)32-13-11-20-23(27(32)35)29-33(25(20)28)14-17-6-4-3-5-7-17/h3-9,21H,10-16H2,1-2H3/t21-/m0/s1. The van der Waals surface area contributed by atoms with E-state index in [1.54, 1.807) is 21.5 Å². The topological polar surface area (TPSA) is 70.9 Å². The Morgan fingerprint density at radius 3 is 2.61 bits per heavy atom. The molecule has 6 rings (SSSR count). The van der Waals surface area contributed by atoms with E-state index in [1.807, 2.05) is 36.4 Å². The minimum absolute atomic E-state index is 0.106. The van der Waals surface area contributed by atoms with Crippen molar-refractivity contribution in [1.29, 1.82) is 0 Å². The molecule has 0 radical (unpaired) electrons. The van der Waals surface area contributed by atoms with Gasteiger partial charge in [-0.1, -0.05) is 48.0 Å². The summed E-state index contributed by atoms with van der Waals surface area (Å²) in [5, 5.41) is 5.04. The molecule has 4 heterocycles. The zero-order valence-corrected chi connectivity index (χ0v) is 21.2. The first-order valence-corrected chi connectivity index (χ1v) is 12.6. The van der Waals surface area contributed by atoms with Crippen LogP contribution in [0.4, 0.5) is 5.69 Å². The molecule has 0 spiro atoms. The molecule has 0 fully saturated rings. The van der Waals surface area contributed by atoms with Gasteiger partial charge in [0.1, 0.15) is 23.6 Å². The van der Waals surface area contributed by atoms with Crippen LogP contribution in [0.3, 0.4) is 0 Å². The third-order valence-corrected chi connectivity index (χ3v) is 7.90. The highest BCUT2D eigenvalue weighted by Gasteiger charge is 2.41. The van der Waals surface area contributed by atoms with Crippen LogP contribution in [0, 0.1) is 0 Å². The number of aromatic nitrogens is 2. The van der Waals surface area contributed by atoms with Gasteiger partial charge in [0, 0.05) is 32.2 Å². The summed E-state index contributed by atoms with van der Waals surface area (Å²) in [5.74, 6) is 0.264. The van der Waals surface area contributed by atoms with Crippen LogP contribution >= 0.6 is 11.6 Å². The summed E-state index contributed by atoms with van der Waals surface area (Å²) in [6.45, 7) is 2.73. The summed E-state index contributed by atoms with van der Waals surface area (Å²) in [6.07, 6.45) is 1.39. The minimum Gasteiger partial charge on any atom is -0.489 e. The molecule has 36 heavy (non-hydrogen) atoms. The van der Waals surface area contributed by atoms with Crippen LogP contribution in [0.15, 0.2) is 42.5 Å². The summed E-state index contributed by atoms with van der Waals surface area (Å²) >= 11 is 6.63. The molecule has 2 aromatic carbocycles. The number of nitrogens with zero attached hydrogens (tertiary/aromatic N) is 5. The number of carbonyl (C=O) groups excluding carboxylic acids is 2. The minimum atomic E-state index is -0.733. The maximum atomic E-state index is 13.7. The molecule has 0 N–H and O–H groups in total. The van der Waals surface area contributed by atoms with E-state index in [4.69, 9.17) is 16.3 Å². The number of halogens is 1. The monoisotopic (exact) mass is 505 g/mol. The van der Waals surface area contributed by atoms with Gasteiger partial charge in [0.15, 0.2) is 5.69 Å². The number of rotatable bonds is 3. The van der Waals surface area contributed by atoms with Gasteiger partial charge in [0.25, 0.3) is 11.8 Å². The Morgan fingerprint density at radius 2 is 1.81 bits per heavy atom. The van der Waals surface area contributed by atoms with Crippen molar-refractivity contribution in [2.24, 2.45) is 0 Å². The number of ether oxygens (including phenoxy) is 1. The fraction of sp³-hybridized carbons (Fsp3) is 0.370. The highest BCUT2D eigenvalue weighted by atomic mass is 35.5. The summed E-state index contributed by atoms with van der Waals surface area (Å²) < 4.78 is 7.84. The van der Waals surface area contributed by atoms with Gasteiger partial charge in [-0.05, 0) is 42.6 Å². The highest BCUT2D eigenvalue weighted by Crippen LogP contribution is 2.39. The van der Waals surface area contributed by atoms with E-state index >= 15 is 0 Å². The SMILES string of the molecule is CN1CCc2c(ccc3c2N(C)C(=O)[C@@H](N2CCc4c(nn(Cc5ccccc5)c4Cl)C2=O)CO3)C1. The molecule has 0 unspecified atom stereocenters. The van der Waals surface area contributed by atoms with Gasteiger partial charge < -0.3 is 19.4 Å². The van der Waals surface area contributed by atoms with Crippen LogP contribution in [0.25, 0.3) is 0 Å². The van der Waals surface area contributed by atoms with Gasteiger partial charge in [-0.3, -0.25) is 9.59 Å². The van der Waals surface area contributed by atoms with Crippen LogP contribution in [0.2, 0.25) is 5.15 Å². The average Bonchev–Trinajstić information content (AvgIpc) is 3.13. The lowest BCUT2D eigenvalue weighted by molar-refractivity contribution is -0.123. The Kier molecular flexibility index (Phi) is 5.73. The number of amides is 2. The van der Waals surface area contributed by atoms with Crippen molar-refractivity contribution in [3.05, 3.63) is 75.6 Å². The first-order valence-electron chi connectivity index (χ1n) is 12.3. The second-order valence-corrected chi connectivity index (χ2v) is 10.1. The lowest BCUT2D eigenvalue weighted by Crippen LogP contribution is -2.54. The Bertz CT molecular complexity index is 1360. The number of hydrogen-bond donors (Lipinski definition) is 0. The van der Waals surface area contributed by atoms with Crippen molar-refractivity contribution in [3.63, 3.8) is 0 Å². The van der Waals surface area contributed by atoms with Gasteiger partial charge in [-0.2, -0.15) is 5.10 Å². The molecule has 9 heteroatoms. The predicted molar refractivity (Wildman–Crippen MR) is 137 cm³/mol. The Morgan fingerprint density at radius 1 is 1.03 bits per heavy atom. The Labute approximate surface area is 215 Å². The number of anilines is 1. The van der Waals surface area contributed by atoms with E-state index < -0.39 is 6.04 Å². The normalized spacial score (nSPS) is 19.9. The third kappa shape index (κ3) is 3.76. The molecular formula is C27H28ClN5O3. The van der Waals surface area contributed by atoms with E-state index in [2.05, 4.69) is 23.1 Å². The number of likely N-dealkylation sites (N-methyl/N-ethyl adjacent to an activating group) is 2. The van der Waals surface area contributed by atoms with Gasteiger partial charge in [-0.25, -0.2) is 4.68 Å². The molecule has 186 valence electrons. The zero-order valence-electron chi connectivity index (χ0n) is 20.4. The maximum Gasteiger partial charge on any atom is 0.275 e. The molecule has 2 amide bonds. The molecule has 1 atom stereocenters. The fourth-order valence-electron chi connectivity index (χ4n) is 5.54. The second-order valence-electron chi connectivity index (χ2n) is 9.77. The number of fused-ring (bicyclic) bond motifs is 4. The molecule has 3 aromatic rings. The molecule has 1 aromatic heterocycles. The summed E-state index contributed by atoms with van der Waals surface area (Å²) in [6, 6.07) is 13.2. The smallest absolute Gasteiger partial charge is 0.275 e. The van der Waals surface area contributed by atoms with Gasteiger partial charge in [0.2, 0.25) is 0 Å². The number of benzene rings is 2. The van der Waals surface area contributed by atoms with E-state index in [0.29, 0.717) is 36.1 Å². The van der Waals surface area contributed by atoms with Crippen molar-refractivity contribution in [2.75, 3.05) is 38.7 Å². The van der Waals surface area contributed by atoms with Crippen molar-refractivity contribution in [3.8, 4) is 5.75 Å². The predicted octanol–water partition coefficient (Wildman–Crippen LogP) is 3.00. The molecule has 8 nitrogen and oxygen atoms in total. The Balaban J connectivity index is 1.28. The number of hydrogen-bond acceptors (Lipinski definition) is 5. The molecule has 0 aliphatic carbocycles. The van der Waals surface area contributed by atoms with Gasteiger partial charge in [-0.15, -0.1) is 0 Å². The first-order chi connectivity index (χ1) is 17.4. The quantitative estimate of drug-likeness (QED) is 0.547. The summed E-state index contributed by atoms with van der Waals surface area (Å²) in [7, 11) is 3.88. The largest absolute Gasteiger partial charge is 0.489 e. The molecule has 0 bridgehead atoms. The first kappa shape index (κ1) is 23.1. The highest BCUT2D eigenvalue weighted by molar-refractivity contribution is 6.31. The van der Waals surface area contributed by atoms with Gasteiger partial charge in [0.05, 0.1) is 12.2 Å². The summed E-state index contributed by atoms with van der Waals surface area (Å²) in [4.78, 5) is 32.9. The lowest BCUT2D eigenvalue weighted by atomic mass is 9.96. The molecule has 3 aliphatic rings. The average molecular weight is 506 g/mol. The molecule has 0 saturated heterocycles. The van der Waals surface area contributed by atoms with E-state index in [9.17, 15) is 9.59 Å². The molecule has 3 aliphatic heterocycles. The second kappa shape index (κ2) is 8.94. The van der Waals surface area contributed by atoms with Crippen LogP contribution in [-0.2, 0) is 30.7 Å².